The van der Waals surface area contributed by atoms with Crippen LogP contribution in [0.25, 0.3) is 0 Å². The number of nitrogens with zero attached hydrogens (tertiary/aromatic N) is 2. The first-order valence-corrected chi connectivity index (χ1v) is 6.50. The number of ether oxygens (including phenoxy) is 2. The summed E-state index contributed by atoms with van der Waals surface area (Å²) in [6.45, 7) is 6.96. The second-order valence-electron chi connectivity index (χ2n) is 4.28. The fourth-order valence-corrected chi connectivity index (χ4v) is 1.61. The summed E-state index contributed by atoms with van der Waals surface area (Å²) in [6, 6.07) is 0. The molecule has 1 aromatic rings. The van der Waals surface area contributed by atoms with Crippen molar-refractivity contribution in [1.82, 2.24) is 15.3 Å². The summed E-state index contributed by atoms with van der Waals surface area (Å²) in [5.74, 6) is 0.621. The lowest BCUT2D eigenvalue weighted by atomic mass is 10.2. The van der Waals surface area contributed by atoms with E-state index in [0.717, 1.165) is 24.3 Å². The van der Waals surface area contributed by atoms with Crippen LogP contribution in [-0.4, -0.2) is 50.0 Å². The average Bonchev–Trinajstić information content (AvgIpc) is 2.42. The highest BCUT2D eigenvalue weighted by atomic mass is 16.5. The number of anilines is 1. The summed E-state index contributed by atoms with van der Waals surface area (Å²) in [5, 5.41) is 6.42. The fourth-order valence-electron chi connectivity index (χ4n) is 1.61. The molecule has 1 unspecified atom stereocenters. The summed E-state index contributed by atoms with van der Waals surface area (Å²) >= 11 is 0. The molecule has 0 saturated carbocycles. The summed E-state index contributed by atoms with van der Waals surface area (Å²) in [4.78, 5) is 8.73. The molecule has 1 atom stereocenters. The Kier molecular flexibility index (Phi) is 7.32. The normalized spacial score (nSPS) is 12.4. The number of nitrogens with one attached hydrogen (secondary N) is 2. The van der Waals surface area contributed by atoms with Gasteiger partial charge in [0.15, 0.2) is 0 Å². The van der Waals surface area contributed by atoms with Crippen LogP contribution in [0.4, 0.5) is 5.95 Å². The van der Waals surface area contributed by atoms with Gasteiger partial charge in [-0.25, -0.2) is 9.97 Å². The highest BCUT2D eigenvalue weighted by Crippen LogP contribution is 2.07. The lowest BCUT2D eigenvalue weighted by Crippen LogP contribution is -2.27. The molecule has 0 aliphatic heterocycles. The molecule has 1 heterocycles. The van der Waals surface area contributed by atoms with E-state index in [4.69, 9.17) is 9.47 Å². The van der Waals surface area contributed by atoms with E-state index in [-0.39, 0.29) is 6.10 Å². The number of aromatic nitrogens is 2. The van der Waals surface area contributed by atoms with Gasteiger partial charge in [-0.15, -0.1) is 0 Å². The third kappa shape index (κ3) is 5.50. The van der Waals surface area contributed by atoms with Crippen LogP contribution in [-0.2, 0) is 16.0 Å². The molecule has 6 nitrogen and oxygen atoms in total. The van der Waals surface area contributed by atoms with E-state index in [0.29, 0.717) is 19.1 Å². The summed E-state index contributed by atoms with van der Waals surface area (Å²) < 4.78 is 10.3. The van der Waals surface area contributed by atoms with Crippen molar-refractivity contribution in [3.8, 4) is 0 Å². The average molecular weight is 268 g/mol. The summed E-state index contributed by atoms with van der Waals surface area (Å²) in [6.07, 6.45) is 1.85. The summed E-state index contributed by atoms with van der Waals surface area (Å²) in [5.41, 5.74) is 2.10. The monoisotopic (exact) mass is 268 g/mol. The van der Waals surface area contributed by atoms with Crippen molar-refractivity contribution in [2.75, 3.05) is 39.2 Å². The maximum Gasteiger partial charge on any atom is 0.222 e. The molecule has 0 aromatic carbocycles. The van der Waals surface area contributed by atoms with Crippen LogP contribution in [0.3, 0.4) is 0 Å². The van der Waals surface area contributed by atoms with Gasteiger partial charge in [0.25, 0.3) is 0 Å². The zero-order chi connectivity index (χ0) is 14.1. The highest BCUT2D eigenvalue weighted by Gasteiger charge is 2.08. The van der Waals surface area contributed by atoms with E-state index in [1.807, 2.05) is 13.1 Å². The Morgan fingerprint density at radius 1 is 1.37 bits per heavy atom. The maximum atomic E-state index is 5.27. The first-order chi connectivity index (χ1) is 9.21. The molecule has 1 rings (SSSR count). The molecule has 0 aliphatic rings. The van der Waals surface area contributed by atoms with Crippen molar-refractivity contribution < 1.29 is 9.47 Å². The van der Waals surface area contributed by atoms with Crippen LogP contribution in [0.15, 0.2) is 6.20 Å². The van der Waals surface area contributed by atoms with Gasteiger partial charge in [-0.05, 0) is 13.5 Å². The third-order valence-corrected chi connectivity index (χ3v) is 2.82. The van der Waals surface area contributed by atoms with Crippen molar-refractivity contribution in [2.45, 2.75) is 26.5 Å². The highest BCUT2D eigenvalue weighted by molar-refractivity contribution is 5.29. The first kappa shape index (κ1) is 15.8. The van der Waals surface area contributed by atoms with E-state index in [2.05, 4.69) is 27.5 Å². The largest absolute Gasteiger partial charge is 0.382 e. The van der Waals surface area contributed by atoms with E-state index in [9.17, 15) is 0 Å². The standard InChI is InChI=1S/C13H24N4O2/c1-5-14-6-11-7-15-13(17-10(11)2)16-8-12(19-4)9-18-3/h7,12,14H,5-6,8-9H2,1-4H3,(H,15,16,17). The molecule has 6 heteroatoms. The molecular weight excluding hydrogens is 244 g/mol. The van der Waals surface area contributed by atoms with Crippen molar-refractivity contribution in [2.24, 2.45) is 0 Å². The van der Waals surface area contributed by atoms with Gasteiger partial charge in [0.2, 0.25) is 5.95 Å². The molecule has 0 aliphatic carbocycles. The number of aryl methyl sites for hydroxylation is 1. The Hall–Kier alpha value is -1.24. The Balaban J connectivity index is 2.53. The molecular formula is C13H24N4O2. The minimum Gasteiger partial charge on any atom is -0.382 e. The Morgan fingerprint density at radius 3 is 2.74 bits per heavy atom. The third-order valence-electron chi connectivity index (χ3n) is 2.82. The molecule has 108 valence electrons. The van der Waals surface area contributed by atoms with Crippen LogP contribution in [0.2, 0.25) is 0 Å². The Labute approximate surface area is 114 Å². The van der Waals surface area contributed by atoms with Gasteiger partial charge in [-0.2, -0.15) is 0 Å². The lowest BCUT2D eigenvalue weighted by molar-refractivity contribution is 0.0365. The number of rotatable bonds is 9. The second kappa shape index (κ2) is 8.79. The first-order valence-electron chi connectivity index (χ1n) is 6.50. The van der Waals surface area contributed by atoms with Crippen LogP contribution >= 0.6 is 0 Å². The molecule has 1 aromatic heterocycles. The zero-order valence-electron chi connectivity index (χ0n) is 12.2. The predicted octanol–water partition coefficient (Wildman–Crippen LogP) is 0.968. The summed E-state index contributed by atoms with van der Waals surface area (Å²) in [7, 11) is 3.32. The van der Waals surface area contributed by atoms with Crippen LogP contribution < -0.4 is 10.6 Å². The molecule has 0 radical (unpaired) electrons. The Bertz CT molecular complexity index is 374. The molecule has 19 heavy (non-hydrogen) atoms. The second-order valence-corrected chi connectivity index (χ2v) is 4.28. The number of hydrogen-bond donors (Lipinski definition) is 2. The number of methoxy groups -OCH3 is 2. The van der Waals surface area contributed by atoms with Crippen molar-refractivity contribution in [3.05, 3.63) is 17.5 Å². The van der Waals surface area contributed by atoms with Gasteiger partial charge in [0.1, 0.15) is 0 Å². The van der Waals surface area contributed by atoms with Crippen molar-refractivity contribution in [3.63, 3.8) is 0 Å². The molecule has 2 N–H and O–H groups in total. The molecule has 0 bridgehead atoms. The van der Waals surface area contributed by atoms with E-state index in [1.165, 1.54) is 0 Å². The lowest BCUT2D eigenvalue weighted by Gasteiger charge is -2.15. The van der Waals surface area contributed by atoms with Gasteiger partial charge < -0.3 is 20.1 Å². The molecule has 0 amide bonds. The topological polar surface area (TPSA) is 68.3 Å². The van der Waals surface area contributed by atoms with Crippen LogP contribution in [0.5, 0.6) is 0 Å². The van der Waals surface area contributed by atoms with Gasteiger partial charge >= 0.3 is 0 Å². The van der Waals surface area contributed by atoms with E-state index < -0.39 is 0 Å². The number of hydrogen-bond acceptors (Lipinski definition) is 6. The SMILES string of the molecule is CCNCc1cnc(NCC(COC)OC)nc1C. The molecule has 0 saturated heterocycles. The van der Waals surface area contributed by atoms with Crippen molar-refractivity contribution >= 4 is 5.95 Å². The van der Waals surface area contributed by atoms with E-state index in [1.54, 1.807) is 14.2 Å². The van der Waals surface area contributed by atoms with Crippen molar-refractivity contribution in [1.29, 1.82) is 0 Å². The fraction of sp³-hybridized carbons (Fsp3) is 0.692. The predicted molar refractivity (Wildman–Crippen MR) is 75.3 cm³/mol. The quantitative estimate of drug-likeness (QED) is 0.695. The van der Waals surface area contributed by atoms with Crippen LogP contribution in [0.1, 0.15) is 18.2 Å². The van der Waals surface area contributed by atoms with Crippen LogP contribution in [0, 0.1) is 6.92 Å². The van der Waals surface area contributed by atoms with Gasteiger partial charge in [-0.3, -0.25) is 0 Å². The zero-order valence-corrected chi connectivity index (χ0v) is 12.2. The minimum absolute atomic E-state index is 0.00431. The minimum atomic E-state index is -0.00431. The maximum absolute atomic E-state index is 5.27. The van der Waals surface area contributed by atoms with E-state index >= 15 is 0 Å². The van der Waals surface area contributed by atoms with Gasteiger partial charge in [0, 0.05) is 44.8 Å². The smallest absolute Gasteiger partial charge is 0.222 e. The molecule has 0 fully saturated rings. The Morgan fingerprint density at radius 2 is 2.16 bits per heavy atom. The molecule has 0 spiro atoms. The van der Waals surface area contributed by atoms with Gasteiger partial charge in [0.05, 0.1) is 12.7 Å². The van der Waals surface area contributed by atoms with Gasteiger partial charge in [-0.1, -0.05) is 6.92 Å².